The molecule has 2 aromatic rings. The molecule has 0 unspecified atom stereocenters. The minimum atomic E-state index is -3.35. The normalized spacial score (nSPS) is 11.5. The summed E-state index contributed by atoms with van der Waals surface area (Å²) < 4.78 is 26.5. The fraction of sp³-hybridized carbons (Fsp3) is 0.308. The molecule has 2 rings (SSSR count). The predicted octanol–water partition coefficient (Wildman–Crippen LogP) is 2.11. The molecule has 0 bridgehead atoms. The molecule has 108 valence electrons. The van der Waals surface area contributed by atoms with E-state index < -0.39 is 10.0 Å². The molecule has 7 heteroatoms. The maximum absolute atomic E-state index is 12.0. The molecule has 1 aromatic heterocycles. The van der Waals surface area contributed by atoms with E-state index in [0.717, 1.165) is 16.3 Å². The van der Waals surface area contributed by atoms with Gasteiger partial charge in [-0.2, -0.15) is 0 Å². The van der Waals surface area contributed by atoms with Crippen LogP contribution in [0.25, 0.3) is 0 Å². The van der Waals surface area contributed by atoms with E-state index in [0.29, 0.717) is 5.69 Å². The summed E-state index contributed by atoms with van der Waals surface area (Å²) in [7, 11) is -1.57. The van der Waals surface area contributed by atoms with Crippen molar-refractivity contribution in [2.75, 3.05) is 12.4 Å². The zero-order valence-corrected chi connectivity index (χ0v) is 13.0. The Kier molecular flexibility index (Phi) is 4.74. The van der Waals surface area contributed by atoms with E-state index in [9.17, 15) is 8.42 Å². The van der Waals surface area contributed by atoms with E-state index in [1.807, 2.05) is 36.6 Å². The third-order valence-electron chi connectivity index (χ3n) is 2.72. The lowest BCUT2D eigenvalue weighted by Crippen LogP contribution is -2.24. The van der Waals surface area contributed by atoms with Crippen LogP contribution in [0.3, 0.4) is 0 Å². The van der Waals surface area contributed by atoms with Crippen LogP contribution in [0.5, 0.6) is 0 Å². The number of sulfonamides is 1. The van der Waals surface area contributed by atoms with E-state index >= 15 is 0 Å². The molecule has 0 atom stereocenters. The van der Waals surface area contributed by atoms with Gasteiger partial charge in [0.25, 0.3) is 0 Å². The summed E-state index contributed by atoms with van der Waals surface area (Å²) in [5.74, 6) is -0.0176. The van der Waals surface area contributed by atoms with Crippen LogP contribution >= 0.6 is 11.3 Å². The largest absolute Gasteiger partial charge is 0.365 e. The van der Waals surface area contributed by atoms with Gasteiger partial charge >= 0.3 is 0 Å². The van der Waals surface area contributed by atoms with Gasteiger partial charge in [0.05, 0.1) is 18.0 Å². The van der Waals surface area contributed by atoms with Crippen molar-refractivity contribution >= 4 is 26.5 Å². The molecule has 0 spiro atoms. The molecule has 20 heavy (non-hydrogen) atoms. The fourth-order valence-corrected chi connectivity index (χ4v) is 3.41. The second-order valence-electron chi connectivity index (χ2n) is 4.46. The Morgan fingerprint density at radius 1 is 1.25 bits per heavy atom. The second kappa shape index (κ2) is 6.34. The molecule has 5 nitrogen and oxygen atoms in total. The zero-order valence-electron chi connectivity index (χ0n) is 11.4. The average Bonchev–Trinajstić information content (AvgIpc) is 2.87. The maximum atomic E-state index is 12.0. The number of hydrogen-bond acceptors (Lipinski definition) is 5. The van der Waals surface area contributed by atoms with Crippen LogP contribution in [0.15, 0.2) is 29.6 Å². The highest BCUT2D eigenvalue weighted by atomic mass is 32.2. The first kappa shape index (κ1) is 15.0. The summed E-state index contributed by atoms with van der Waals surface area (Å²) in [6.45, 7) is 2.19. The number of aromatic nitrogens is 1. The van der Waals surface area contributed by atoms with Crippen LogP contribution in [0.2, 0.25) is 0 Å². The van der Waals surface area contributed by atoms with Gasteiger partial charge in [0, 0.05) is 12.4 Å². The molecule has 0 saturated heterocycles. The molecular weight excluding hydrogens is 294 g/mol. The van der Waals surface area contributed by atoms with Gasteiger partial charge in [-0.15, -0.1) is 11.3 Å². The topological polar surface area (TPSA) is 71.1 Å². The lowest BCUT2D eigenvalue weighted by molar-refractivity contribution is 0.580. The van der Waals surface area contributed by atoms with Gasteiger partial charge in [-0.25, -0.2) is 18.1 Å². The number of nitrogens with one attached hydrogen (secondary N) is 2. The maximum Gasteiger partial charge on any atom is 0.216 e. The SMILES string of the molecule is CNc1nc(CNS(=O)(=O)Cc2ccc(C)cc2)cs1. The number of nitrogens with zero attached hydrogens (tertiary/aromatic N) is 1. The van der Waals surface area contributed by atoms with Crippen LogP contribution in [0.4, 0.5) is 5.13 Å². The van der Waals surface area contributed by atoms with Crippen LogP contribution < -0.4 is 10.0 Å². The third-order valence-corrected chi connectivity index (χ3v) is 4.92. The molecule has 0 fully saturated rings. The van der Waals surface area contributed by atoms with Crippen molar-refractivity contribution in [2.24, 2.45) is 0 Å². The molecule has 0 aliphatic rings. The third kappa shape index (κ3) is 4.29. The van der Waals surface area contributed by atoms with Gasteiger partial charge < -0.3 is 5.32 Å². The van der Waals surface area contributed by atoms with Crippen LogP contribution in [0.1, 0.15) is 16.8 Å². The molecule has 0 aliphatic heterocycles. The summed E-state index contributed by atoms with van der Waals surface area (Å²) in [5, 5.41) is 5.53. The van der Waals surface area contributed by atoms with Gasteiger partial charge in [0.15, 0.2) is 5.13 Å². The van der Waals surface area contributed by atoms with Crippen molar-refractivity contribution in [3.05, 3.63) is 46.5 Å². The first-order valence-electron chi connectivity index (χ1n) is 6.13. The Bertz CT molecular complexity index is 663. The first-order valence-corrected chi connectivity index (χ1v) is 8.67. The molecule has 1 heterocycles. The molecule has 1 aromatic carbocycles. The van der Waals surface area contributed by atoms with Crippen molar-refractivity contribution < 1.29 is 8.42 Å². The highest BCUT2D eigenvalue weighted by Crippen LogP contribution is 2.14. The number of hydrogen-bond donors (Lipinski definition) is 2. The minimum Gasteiger partial charge on any atom is -0.365 e. The van der Waals surface area contributed by atoms with E-state index in [1.165, 1.54) is 11.3 Å². The van der Waals surface area contributed by atoms with Crippen molar-refractivity contribution in [3.8, 4) is 0 Å². The van der Waals surface area contributed by atoms with Gasteiger partial charge in [-0.1, -0.05) is 29.8 Å². The Morgan fingerprint density at radius 3 is 2.55 bits per heavy atom. The van der Waals surface area contributed by atoms with Gasteiger partial charge in [0.1, 0.15) is 0 Å². The average molecular weight is 311 g/mol. The first-order chi connectivity index (χ1) is 9.48. The summed E-state index contributed by atoms with van der Waals surface area (Å²) in [6.07, 6.45) is 0. The molecule has 0 amide bonds. The molecule has 0 radical (unpaired) electrons. The van der Waals surface area contributed by atoms with Crippen molar-refractivity contribution in [1.29, 1.82) is 0 Å². The van der Waals surface area contributed by atoms with Gasteiger partial charge in [-0.3, -0.25) is 0 Å². The van der Waals surface area contributed by atoms with Gasteiger partial charge in [-0.05, 0) is 12.5 Å². The Hall–Kier alpha value is -1.44. The molecule has 2 N–H and O–H groups in total. The minimum absolute atomic E-state index is 0.0176. The molecular formula is C13H17N3O2S2. The van der Waals surface area contributed by atoms with E-state index in [4.69, 9.17) is 0 Å². The number of thiazole rings is 1. The Morgan fingerprint density at radius 2 is 1.95 bits per heavy atom. The number of benzene rings is 1. The van der Waals surface area contributed by atoms with Crippen molar-refractivity contribution in [3.63, 3.8) is 0 Å². The lowest BCUT2D eigenvalue weighted by Gasteiger charge is -2.05. The molecule has 0 aliphatic carbocycles. The van der Waals surface area contributed by atoms with E-state index in [1.54, 1.807) is 7.05 Å². The number of aryl methyl sites for hydroxylation is 1. The number of anilines is 1. The summed E-state index contributed by atoms with van der Waals surface area (Å²) in [6, 6.07) is 7.47. The lowest BCUT2D eigenvalue weighted by atomic mass is 10.2. The zero-order chi connectivity index (χ0) is 14.6. The van der Waals surface area contributed by atoms with Crippen LogP contribution in [-0.4, -0.2) is 20.4 Å². The quantitative estimate of drug-likeness (QED) is 0.857. The Balaban J connectivity index is 1.95. The second-order valence-corrected chi connectivity index (χ2v) is 7.12. The van der Waals surface area contributed by atoms with Crippen molar-refractivity contribution in [1.82, 2.24) is 9.71 Å². The van der Waals surface area contributed by atoms with E-state index in [2.05, 4.69) is 15.0 Å². The van der Waals surface area contributed by atoms with Crippen molar-refractivity contribution in [2.45, 2.75) is 19.2 Å². The Labute approximate surface area is 123 Å². The number of rotatable bonds is 6. The summed E-state index contributed by atoms with van der Waals surface area (Å²) in [5.41, 5.74) is 2.60. The molecule has 0 saturated carbocycles. The van der Waals surface area contributed by atoms with Gasteiger partial charge in [0.2, 0.25) is 10.0 Å². The van der Waals surface area contributed by atoms with Crippen LogP contribution in [0, 0.1) is 6.92 Å². The monoisotopic (exact) mass is 311 g/mol. The smallest absolute Gasteiger partial charge is 0.216 e. The van der Waals surface area contributed by atoms with E-state index in [-0.39, 0.29) is 12.3 Å². The summed E-state index contributed by atoms with van der Waals surface area (Å²) in [4.78, 5) is 4.23. The highest BCUT2D eigenvalue weighted by Gasteiger charge is 2.12. The highest BCUT2D eigenvalue weighted by molar-refractivity contribution is 7.88. The predicted molar refractivity (Wildman–Crippen MR) is 82.3 cm³/mol. The standard InChI is InChI=1S/C13H17N3O2S2/c1-10-3-5-11(6-4-10)9-20(17,18)15-7-12-8-19-13(14-2)16-12/h3-6,8,15H,7,9H2,1-2H3,(H,14,16). The van der Waals surface area contributed by atoms with Crippen LogP contribution in [-0.2, 0) is 22.3 Å². The fourth-order valence-electron chi connectivity index (χ4n) is 1.64. The summed E-state index contributed by atoms with van der Waals surface area (Å²) >= 11 is 1.45.